The van der Waals surface area contributed by atoms with Crippen molar-refractivity contribution < 1.29 is 37.7 Å². The number of hydrogen-bond donors (Lipinski definition) is 3. The first kappa shape index (κ1) is 33.7. The van der Waals surface area contributed by atoms with E-state index in [0.29, 0.717) is 60.8 Å². The molecular weight excluding hydrogens is 585 g/mol. The van der Waals surface area contributed by atoms with Gasteiger partial charge in [-0.1, -0.05) is 6.07 Å². The number of imide groups is 1. The highest BCUT2D eigenvalue weighted by molar-refractivity contribution is 6.11. The normalized spacial score (nSPS) is 14.8. The van der Waals surface area contributed by atoms with Crippen LogP contribution in [0.2, 0.25) is 0 Å². The summed E-state index contributed by atoms with van der Waals surface area (Å²) < 4.78 is 42.7. The van der Waals surface area contributed by atoms with Gasteiger partial charge in [-0.25, -0.2) is 14.1 Å². The number of nitrogens with one attached hydrogen (secondary N) is 2. The van der Waals surface area contributed by atoms with E-state index < -0.39 is 29.7 Å². The summed E-state index contributed by atoms with van der Waals surface area (Å²) in [5, 5.41) is 3.24. The zero-order valence-electron chi connectivity index (χ0n) is 26.6. The van der Waals surface area contributed by atoms with E-state index in [2.05, 4.69) is 15.3 Å². The van der Waals surface area contributed by atoms with Crippen LogP contribution in [0.4, 0.5) is 20.6 Å². The molecule has 12 nitrogen and oxygen atoms in total. The minimum Gasteiger partial charge on any atom is -0.492 e. The Morgan fingerprint density at radius 3 is 2.64 bits per heavy atom. The van der Waals surface area contributed by atoms with Gasteiger partial charge in [-0.05, 0) is 64.8 Å². The van der Waals surface area contributed by atoms with E-state index in [-0.39, 0.29) is 29.5 Å². The van der Waals surface area contributed by atoms with Crippen molar-refractivity contribution >= 4 is 23.4 Å². The van der Waals surface area contributed by atoms with Gasteiger partial charge in [0.05, 0.1) is 42.5 Å². The maximum Gasteiger partial charge on any atom is 0.417 e. The maximum atomic E-state index is 14.8. The van der Waals surface area contributed by atoms with Gasteiger partial charge >= 0.3 is 6.09 Å². The summed E-state index contributed by atoms with van der Waals surface area (Å²) in [5.74, 6) is -1.12. The Balaban J connectivity index is 1.93. The molecule has 45 heavy (non-hydrogen) atoms. The quantitative estimate of drug-likeness (QED) is 0.162. The average Bonchev–Trinajstić information content (AvgIpc) is 3.37. The monoisotopic (exact) mass is 627 g/mol. The zero-order valence-corrected chi connectivity index (χ0v) is 26.6. The summed E-state index contributed by atoms with van der Waals surface area (Å²) in [7, 11) is 4.46. The topological polar surface area (TPSA) is 150 Å². The summed E-state index contributed by atoms with van der Waals surface area (Å²) >= 11 is 0. The Labute approximate surface area is 262 Å². The van der Waals surface area contributed by atoms with E-state index in [9.17, 15) is 14.0 Å². The molecule has 0 fully saturated rings. The Morgan fingerprint density at radius 1 is 1.22 bits per heavy atom. The number of nitrogens with two attached hydrogens (primary N) is 1. The number of H-pyrrole nitrogens is 1. The van der Waals surface area contributed by atoms with Gasteiger partial charge < -0.3 is 39.7 Å². The number of carbonyl (C=O) groups is 2. The van der Waals surface area contributed by atoms with E-state index in [0.717, 1.165) is 4.90 Å². The molecule has 1 aliphatic rings. The Morgan fingerprint density at radius 2 is 1.98 bits per heavy atom. The fourth-order valence-electron chi connectivity index (χ4n) is 5.20. The van der Waals surface area contributed by atoms with E-state index in [4.69, 9.17) is 29.4 Å². The number of hydrogen-bond acceptors (Lipinski definition) is 10. The summed E-state index contributed by atoms with van der Waals surface area (Å²) in [5.41, 5.74) is 7.29. The minimum atomic E-state index is -0.837. The lowest BCUT2D eigenvalue weighted by atomic mass is 9.91. The second-order valence-corrected chi connectivity index (χ2v) is 11.5. The molecule has 13 heteroatoms. The predicted molar refractivity (Wildman–Crippen MR) is 166 cm³/mol. The van der Waals surface area contributed by atoms with Crippen LogP contribution >= 0.6 is 0 Å². The largest absolute Gasteiger partial charge is 0.492 e. The van der Waals surface area contributed by atoms with Crippen molar-refractivity contribution in [1.29, 1.82) is 0 Å². The third kappa shape index (κ3) is 7.72. The number of amides is 2. The van der Waals surface area contributed by atoms with Gasteiger partial charge in [0.2, 0.25) is 0 Å². The fourth-order valence-corrected chi connectivity index (χ4v) is 5.20. The number of rotatable bonds is 13. The molecular formula is C32H42FN5O7. The molecule has 3 aromatic rings. The molecule has 1 aromatic carbocycles. The maximum absolute atomic E-state index is 14.8. The molecule has 4 N–H and O–H groups in total. The number of halogens is 1. The SMILES string of the molecule is COc1c(F)cccc1Nc1c(-c2ccncc2OCCCN)[nH]c2c1C(=O)N(C(=O)OC(C)(C)C)CC2CCC(OC)OC. The smallest absolute Gasteiger partial charge is 0.417 e. The first-order valence-electron chi connectivity index (χ1n) is 14.8. The molecule has 0 aliphatic carbocycles. The predicted octanol–water partition coefficient (Wildman–Crippen LogP) is 5.57. The van der Waals surface area contributed by atoms with Crippen molar-refractivity contribution in [3.63, 3.8) is 0 Å². The van der Waals surface area contributed by atoms with Crippen LogP contribution in [0.25, 0.3) is 11.3 Å². The molecule has 244 valence electrons. The van der Waals surface area contributed by atoms with Gasteiger partial charge in [-0.3, -0.25) is 9.78 Å². The Kier molecular flexibility index (Phi) is 11.0. The molecule has 3 heterocycles. The van der Waals surface area contributed by atoms with E-state index >= 15 is 0 Å². The van der Waals surface area contributed by atoms with Crippen LogP contribution in [-0.4, -0.2) is 79.8 Å². The molecule has 0 bridgehead atoms. The van der Waals surface area contributed by atoms with Crippen LogP contribution in [0.3, 0.4) is 0 Å². The van der Waals surface area contributed by atoms with E-state index in [1.54, 1.807) is 59.5 Å². The first-order valence-corrected chi connectivity index (χ1v) is 14.8. The second kappa shape index (κ2) is 14.7. The van der Waals surface area contributed by atoms with Gasteiger partial charge in [-0.2, -0.15) is 0 Å². The lowest BCUT2D eigenvalue weighted by Gasteiger charge is -2.33. The molecule has 1 unspecified atom stereocenters. The van der Waals surface area contributed by atoms with Crippen LogP contribution in [0.15, 0.2) is 36.7 Å². The van der Waals surface area contributed by atoms with E-state index in [1.165, 1.54) is 19.2 Å². The molecule has 0 radical (unpaired) electrons. The second-order valence-electron chi connectivity index (χ2n) is 11.5. The van der Waals surface area contributed by atoms with Crippen molar-refractivity contribution in [3.05, 3.63) is 53.7 Å². The lowest BCUT2D eigenvalue weighted by Crippen LogP contribution is -2.46. The van der Waals surface area contributed by atoms with Gasteiger partial charge in [0, 0.05) is 44.1 Å². The first-order chi connectivity index (χ1) is 21.5. The number of fused-ring (bicyclic) bond motifs is 1. The van der Waals surface area contributed by atoms with Crippen molar-refractivity contribution in [1.82, 2.24) is 14.9 Å². The van der Waals surface area contributed by atoms with Crippen LogP contribution in [0.1, 0.15) is 62.0 Å². The number of aromatic amines is 1. The van der Waals surface area contributed by atoms with Crippen molar-refractivity contribution in [3.8, 4) is 22.8 Å². The third-order valence-corrected chi connectivity index (χ3v) is 7.28. The molecule has 2 aromatic heterocycles. The van der Waals surface area contributed by atoms with Gasteiger partial charge in [-0.15, -0.1) is 0 Å². The third-order valence-electron chi connectivity index (χ3n) is 7.28. The number of ether oxygens (including phenoxy) is 5. The molecule has 2 amide bonds. The number of aromatic nitrogens is 2. The summed E-state index contributed by atoms with van der Waals surface area (Å²) in [6.07, 6.45) is 3.50. The molecule has 0 spiro atoms. The highest BCUT2D eigenvalue weighted by atomic mass is 19.1. The Bertz CT molecular complexity index is 1490. The number of nitrogens with zero attached hydrogens (tertiary/aromatic N) is 2. The molecule has 4 rings (SSSR count). The number of para-hydroxylation sites is 1. The van der Waals surface area contributed by atoms with Crippen molar-refractivity contribution in [2.75, 3.05) is 46.3 Å². The number of pyridine rings is 1. The highest BCUT2D eigenvalue weighted by Crippen LogP contribution is 2.46. The number of anilines is 2. The average molecular weight is 628 g/mol. The lowest BCUT2D eigenvalue weighted by molar-refractivity contribution is -0.107. The molecule has 1 atom stereocenters. The van der Waals surface area contributed by atoms with Crippen molar-refractivity contribution in [2.45, 2.75) is 57.8 Å². The van der Waals surface area contributed by atoms with Gasteiger partial charge in [0.1, 0.15) is 11.4 Å². The number of methoxy groups -OCH3 is 3. The molecule has 1 aliphatic heterocycles. The van der Waals surface area contributed by atoms with Crippen LogP contribution in [-0.2, 0) is 14.2 Å². The summed E-state index contributed by atoms with van der Waals surface area (Å²) in [6.45, 7) is 6.05. The van der Waals surface area contributed by atoms with Crippen molar-refractivity contribution in [2.24, 2.45) is 5.73 Å². The number of benzene rings is 1. The van der Waals surface area contributed by atoms with Gasteiger partial charge in [0.25, 0.3) is 5.91 Å². The number of carbonyl (C=O) groups excluding carboxylic acids is 2. The van der Waals surface area contributed by atoms with Gasteiger partial charge in [0.15, 0.2) is 17.9 Å². The van der Waals surface area contributed by atoms with Crippen LogP contribution in [0.5, 0.6) is 11.5 Å². The van der Waals surface area contributed by atoms with E-state index in [1.807, 2.05) is 0 Å². The summed E-state index contributed by atoms with van der Waals surface area (Å²) in [4.78, 5) is 36.5. The fraction of sp³-hybridized carbons (Fsp3) is 0.469. The van der Waals surface area contributed by atoms with Crippen LogP contribution < -0.4 is 20.5 Å². The zero-order chi connectivity index (χ0) is 32.7. The van der Waals surface area contributed by atoms with Crippen LogP contribution in [0, 0.1) is 5.82 Å². The minimum absolute atomic E-state index is 0.0422. The molecule has 0 saturated carbocycles. The molecule has 0 saturated heterocycles. The Hall–Kier alpha value is -4.20. The highest BCUT2D eigenvalue weighted by Gasteiger charge is 2.42. The standard InChI is InChI=1S/C32H42FN5O7/c1-32(2,3)45-31(40)38-18-19(11-12-24(41-4)42-5)26-25(30(38)39)28(36-22-10-7-9-21(33)29(22)43-6)27(37-26)20-13-15-35-17-23(20)44-16-8-14-34/h7,9-10,13,15,17,19,24,36-37H,8,11-12,14,16,18,34H2,1-6H3. The summed E-state index contributed by atoms with van der Waals surface area (Å²) in [6, 6.07) is 6.19.